The Labute approximate surface area is 203 Å². The maximum absolute atomic E-state index is 13.2. The van der Waals surface area contributed by atoms with Crippen molar-refractivity contribution in [3.63, 3.8) is 0 Å². The van der Waals surface area contributed by atoms with Gasteiger partial charge in [0, 0.05) is 6.42 Å². The molecule has 0 aliphatic carbocycles. The summed E-state index contributed by atoms with van der Waals surface area (Å²) in [6.07, 6.45) is 0.226. The molecule has 6 nitrogen and oxygen atoms in total. The number of rotatable bonds is 8. The van der Waals surface area contributed by atoms with Crippen molar-refractivity contribution in [3.8, 4) is 0 Å². The molecule has 3 aromatic carbocycles. The average molecular weight is 492 g/mol. The largest absolute Gasteiger partial charge is 0.300 e. The number of carbonyl (C=O) groups excluding carboxylic acids is 1. The summed E-state index contributed by atoms with van der Waals surface area (Å²) in [4.78, 5) is 13.5. The van der Waals surface area contributed by atoms with Crippen molar-refractivity contribution in [2.45, 2.75) is 31.1 Å². The Morgan fingerprint density at radius 3 is 2.09 bits per heavy atom. The van der Waals surface area contributed by atoms with Gasteiger partial charge >= 0.3 is 0 Å². The molecule has 4 rings (SSSR count). The van der Waals surface area contributed by atoms with Gasteiger partial charge in [-0.3, -0.25) is 10.1 Å². The molecule has 0 saturated carbocycles. The van der Waals surface area contributed by atoms with Gasteiger partial charge in [-0.1, -0.05) is 78.1 Å². The van der Waals surface area contributed by atoms with E-state index in [2.05, 4.69) is 15.5 Å². The van der Waals surface area contributed by atoms with Gasteiger partial charge in [0.05, 0.1) is 16.6 Å². The molecule has 1 aromatic heterocycles. The molecule has 8 heteroatoms. The zero-order valence-electron chi connectivity index (χ0n) is 18.9. The van der Waals surface area contributed by atoms with Crippen LogP contribution in [0.4, 0.5) is 5.13 Å². The lowest BCUT2D eigenvalue weighted by atomic mass is 9.90. The minimum Gasteiger partial charge on any atom is -0.300 e. The van der Waals surface area contributed by atoms with Gasteiger partial charge in [0.1, 0.15) is 5.01 Å². The summed E-state index contributed by atoms with van der Waals surface area (Å²) in [5.74, 6) is -0.794. The smallest absolute Gasteiger partial charge is 0.238 e. The van der Waals surface area contributed by atoms with E-state index in [1.165, 1.54) is 11.3 Å². The van der Waals surface area contributed by atoms with Crippen LogP contribution in [0.5, 0.6) is 0 Å². The maximum Gasteiger partial charge on any atom is 0.238 e. The molecule has 0 unspecified atom stereocenters. The lowest BCUT2D eigenvalue weighted by Crippen LogP contribution is -2.22. The molecule has 34 heavy (non-hydrogen) atoms. The van der Waals surface area contributed by atoms with Crippen molar-refractivity contribution in [3.05, 3.63) is 106 Å². The second-order valence-electron chi connectivity index (χ2n) is 8.06. The molecule has 1 N–H and O–H groups in total. The highest BCUT2D eigenvalue weighted by Crippen LogP contribution is 2.27. The summed E-state index contributed by atoms with van der Waals surface area (Å²) in [7, 11) is -3.45. The molecule has 0 saturated heterocycles. The molecule has 0 bridgehead atoms. The van der Waals surface area contributed by atoms with Crippen molar-refractivity contribution in [2.75, 3.05) is 11.1 Å². The normalized spacial score (nSPS) is 11.5. The van der Waals surface area contributed by atoms with Crippen molar-refractivity contribution in [2.24, 2.45) is 0 Å². The molecule has 4 aromatic rings. The van der Waals surface area contributed by atoms with Crippen LogP contribution in [0, 0.1) is 13.8 Å². The van der Waals surface area contributed by atoms with E-state index >= 15 is 0 Å². The van der Waals surface area contributed by atoms with Crippen LogP contribution >= 0.6 is 11.3 Å². The Hall–Kier alpha value is -3.36. The van der Waals surface area contributed by atoms with Gasteiger partial charge in [0.25, 0.3) is 0 Å². The van der Waals surface area contributed by atoms with Crippen LogP contribution < -0.4 is 5.32 Å². The van der Waals surface area contributed by atoms with Gasteiger partial charge < -0.3 is 0 Å². The van der Waals surface area contributed by atoms with Gasteiger partial charge in [-0.25, -0.2) is 8.42 Å². The number of anilines is 1. The Morgan fingerprint density at radius 1 is 0.882 bits per heavy atom. The SMILES string of the molecule is Cc1ccc(S(=O)(=O)CCc2nnc(NC(=O)C(c3ccccc3)c3ccccc3)s2)cc1C. The van der Waals surface area contributed by atoms with Crippen LogP contribution in [-0.2, 0) is 21.1 Å². The van der Waals surface area contributed by atoms with Crippen LogP contribution in [0.15, 0.2) is 83.8 Å². The monoisotopic (exact) mass is 491 g/mol. The topological polar surface area (TPSA) is 89.0 Å². The number of sulfone groups is 1. The van der Waals surface area contributed by atoms with Crippen LogP contribution in [0.3, 0.4) is 0 Å². The van der Waals surface area contributed by atoms with E-state index < -0.39 is 15.8 Å². The number of hydrogen-bond acceptors (Lipinski definition) is 6. The molecular formula is C26H25N3O3S2. The van der Waals surface area contributed by atoms with E-state index in [1.54, 1.807) is 12.1 Å². The predicted molar refractivity (Wildman–Crippen MR) is 135 cm³/mol. The van der Waals surface area contributed by atoms with Crippen LogP contribution in [0.25, 0.3) is 0 Å². The molecular weight excluding hydrogens is 466 g/mol. The first-order valence-electron chi connectivity index (χ1n) is 10.9. The lowest BCUT2D eigenvalue weighted by Gasteiger charge is -2.16. The number of aromatic nitrogens is 2. The molecule has 0 atom stereocenters. The fourth-order valence-corrected chi connectivity index (χ4v) is 5.82. The van der Waals surface area contributed by atoms with Gasteiger partial charge in [0.2, 0.25) is 11.0 Å². The predicted octanol–water partition coefficient (Wildman–Crippen LogP) is 4.94. The molecule has 0 aliphatic rings. The Kier molecular flexibility index (Phi) is 7.19. The third kappa shape index (κ3) is 5.58. The maximum atomic E-state index is 13.2. The first-order valence-corrected chi connectivity index (χ1v) is 13.3. The Balaban J connectivity index is 1.46. The van der Waals surface area contributed by atoms with Crippen molar-refractivity contribution in [1.29, 1.82) is 0 Å². The molecule has 1 amide bonds. The zero-order valence-corrected chi connectivity index (χ0v) is 20.6. The van der Waals surface area contributed by atoms with Gasteiger partial charge in [-0.05, 0) is 48.2 Å². The summed E-state index contributed by atoms with van der Waals surface area (Å²) in [6, 6.07) is 24.2. The summed E-state index contributed by atoms with van der Waals surface area (Å²) < 4.78 is 25.5. The Bertz CT molecular complexity index is 1350. The van der Waals surface area contributed by atoms with Crippen molar-refractivity contribution < 1.29 is 13.2 Å². The molecule has 0 fully saturated rings. The van der Waals surface area contributed by atoms with E-state index in [-0.39, 0.29) is 18.1 Å². The number of aryl methyl sites for hydroxylation is 3. The fraction of sp³-hybridized carbons (Fsp3) is 0.192. The molecule has 1 heterocycles. The van der Waals surface area contributed by atoms with Gasteiger partial charge in [-0.15, -0.1) is 10.2 Å². The van der Waals surface area contributed by atoms with Crippen molar-refractivity contribution in [1.82, 2.24) is 10.2 Å². The minimum atomic E-state index is -3.45. The summed E-state index contributed by atoms with van der Waals surface area (Å²) >= 11 is 1.19. The number of carbonyl (C=O) groups is 1. The fourth-order valence-electron chi connectivity index (χ4n) is 3.62. The quantitative estimate of drug-likeness (QED) is 0.377. The average Bonchev–Trinajstić information content (AvgIpc) is 3.28. The Morgan fingerprint density at radius 2 is 1.50 bits per heavy atom. The minimum absolute atomic E-state index is 0.0747. The third-order valence-electron chi connectivity index (χ3n) is 5.65. The van der Waals surface area contributed by atoms with E-state index in [1.807, 2.05) is 80.6 Å². The molecule has 174 valence electrons. The molecule has 0 spiro atoms. The number of nitrogens with zero attached hydrogens (tertiary/aromatic N) is 2. The van der Waals surface area contributed by atoms with Crippen LogP contribution in [-0.4, -0.2) is 30.3 Å². The highest BCUT2D eigenvalue weighted by atomic mass is 32.2. The lowest BCUT2D eigenvalue weighted by molar-refractivity contribution is -0.116. The number of benzene rings is 3. The highest BCUT2D eigenvalue weighted by molar-refractivity contribution is 7.91. The standard InChI is InChI=1S/C26H25N3O3S2/c1-18-13-14-22(17-19(18)2)34(31,32)16-15-23-28-29-26(33-23)27-25(30)24(20-9-5-3-6-10-20)21-11-7-4-8-12-21/h3-14,17,24H,15-16H2,1-2H3,(H,27,29,30). The van der Waals surface area contributed by atoms with Gasteiger partial charge in [0.15, 0.2) is 9.84 Å². The first kappa shape index (κ1) is 23.8. The highest BCUT2D eigenvalue weighted by Gasteiger charge is 2.24. The van der Waals surface area contributed by atoms with Crippen LogP contribution in [0.1, 0.15) is 33.2 Å². The van der Waals surface area contributed by atoms with E-state index in [4.69, 9.17) is 0 Å². The summed E-state index contributed by atoms with van der Waals surface area (Å²) in [5.41, 5.74) is 3.73. The second kappa shape index (κ2) is 10.3. The summed E-state index contributed by atoms with van der Waals surface area (Å²) in [6.45, 7) is 3.84. The van der Waals surface area contributed by atoms with E-state index in [9.17, 15) is 13.2 Å². The number of nitrogens with one attached hydrogen (secondary N) is 1. The number of hydrogen-bond donors (Lipinski definition) is 1. The second-order valence-corrected chi connectivity index (χ2v) is 11.2. The summed E-state index contributed by atoms with van der Waals surface area (Å²) in [5, 5.41) is 11.9. The van der Waals surface area contributed by atoms with Gasteiger partial charge in [-0.2, -0.15) is 0 Å². The van der Waals surface area contributed by atoms with Crippen molar-refractivity contribution >= 4 is 32.2 Å². The van der Waals surface area contributed by atoms with E-state index in [0.717, 1.165) is 22.3 Å². The molecule has 0 radical (unpaired) electrons. The van der Waals surface area contributed by atoms with E-state index in [0.29, 0.717) is 15.0 Å². The molecule has 0 aliphatic heterocycles. The van der Waals surface area contributed by atoms with Crippen LogP contribution in [0.2, 0.25) is 0 Å². The first-order chi connectivity index (χ1) is 16.3. The number of amides is 1. The third-order valence-corrected chi connectivity index (χ3v) is 8.26. The zero-order chi connectivity index (χ0) is 24.1.